The third-order valence-electron chi connectivity index (χ3n) is 4.92. The molecule has 1 aromatic heterocycles. The summed E-state index contributed by atoms with van der Waals surface area (Å²) in [5, 5.41) is 14.1. The van der Waals surface area contributed by atoms with Crippen LogP contribution in [0.2, 0.25) is 0 Å². The molecule has 1 aromatic carbocycles. The molecule has 8 heteroatoms. The number of carbonyl (C=O) groups excluding carboxylic acids is 2. The average molecular weight is 378 g/mol. The number of nitrogens with one attached hydrogen (secondary N) is 2. The Morgan fingerprint density at radius 1 is 1.12 bits per heavy atom. The number of hydrogen-bond donors (Lipinski definition) is 2. The molecule has 26 heavy (non-hydrogen) atoms. The molecule has 0 bridgehead atoms. The minimum atomic E-state index is -0.414. The summed E-state index contributed by atoms with van der Waals surface area (Å²) in [6.07, 6.45) is 6.07. The van der Waals surface area contributed by atoms with Gasteiger partial charge in [0.15, 0.2) is 0 Å². The highest BCUT2D eigenvalue weighted by Gasteiger charge is 2.32. The molecule has 2 aromatic rings. The number of halogens is 1. The predicted molar refractivity (Wildman–Crippen MR) is 99.8 cm³/mol. The van der Waals surface area contributed by atoms with Gasteiger partial charge in [-0.3, -0.25) is 9.59 Å². The van der Waals surface area contributed by atoms with Crippen LogP contribution in [-0.4, -0.2) is 44.8 Å². The van der Waals surface area contributed by atoms with E-state index in [1.807, 2.05) is 24.3 Å². The van der Waals surface area contributed by atoms with Crippen LogP contribution in [0.25, 0.3) is 11.0 Å². The molecule has 0 unspecified atom stereocenters. The highest BCUT2D eigenvalue weighted by atomic mass is 35.5. The lowest BCUT2D eigenvalue weighted by Crippen LogP contribution is -2.56. The first-order valence-electron chi connectivity index (χ1n) is 9.04. The fourth-order valence-corrected chi connectivity index (χ4v) is 3.64. The van der Waals surface area contributed by atoms with Crippen molar-refractivity contribution in [1.82, 2.24) is 25.6 Å². The van der Waals surface area contributed by atoms with Crippen molar-refractivity contribution < 1.29 is 9.59 Å². The second-order valence-electron chi connectivity index (χ2n) is 6.89. The quantitative estimate of drug-likeness (QED) is 0.595. The van der Waals surface area contributed by atoms with Crippen molar-refractivity contribution in [1.29, 1.82) is 0 Å². The van der Waals surface area contributed by atoms with Crippen molar-refractivity contribution in [2.45, 2.75) is 50.6 Å². The first-order valence-corrected chi connectivity index (χ1v) is 9.57. The number of amides is 2. The van der Waals surface area contributed by atoms with Gasteiger partial charge in [-0.1, -0.05) is 43.0 Å². The fourth-order valence-electron chi connectivity index (χ4n) is 3.57. The van der Waals surface area contributed by atoms with Gasteiger partial charge >= 0.3 is 0 Å². The third-order valence-corrected chi connectivity index (χ3v) is 5.17. The fraction of sp³-hybridized carbons (Fsp3) is 0.556. The Kier molecular flexibility index (Phi) is 6.08. The standard InChI is InChI=1S/C18H24ClN5O2/c19-11-16(25)21-18(9-5-1-2-6-10-18)13-20-17(26)12-24-15-8-4-3-7-14(15)22-23-24/h3-4,7-8H,1-2,5-6,9-13H2,(H,20,26)(H,21,25). The largest absolute Gasteiger partial charge is 0.352 e. The molecule has 0 radical (unpaired) electrons. The van der Waals surface area contributed by atoms with E-state index in [-0.39, 0.29) is 24.2 Å². The van der Waals surface area contributed by atoms with E-state index in [2.05, 4.69) is 20.9 Å². The Morgan fingerprint density at radius 3 is 2.58 bits per heavy atom. The third kappa shape index (κ3) is 4.52. The first-order chi connectivity index (χ1) is 12.6. The Morgan fingerprint density at radius 2 is 1.85 bits per heavy atom. The van der Waals surface area contributed by atoms with Gasteiger partial charge in [-0.25, -0.2) is 4.68 Å². The number of rotatable bonds is 6. The molecule has 140 valence electrons. The van der Waals surface area contributed by atoms with Crippen LogP contribution in [0.1, 0.15) is 38.5 Å². The maximum atomic E-state index is 12.4. The molecule has 7 nitrogen and oxygen atoms in total. The second kappa shape index (κ2) is 8.49. The SMILES string of the molecule is O=C(Cn1nnc2ccccc21)NCC1(NC(=O)CCl)CCCCCC1. The highest BCUT2D eigenvalue weighted by Crippen LogP contribution is 2.26. The van der Waals surface area contributed by atoms with E-state index in [1.165, 1.54) is 0 Å². The van der Waals surface area contributed by atoms with Crippen LogP contribution in [0, 0.1) is 0 Å². The van der Waals surface area contributed by atoms with Crippen molar-refractivity contribution in [3.63, 3.8) is 0 Å². The zero-order valence-electron chi connectivity index (χ0n) is 14.7. The second-order valence-corrected chi connectivity index (χ2v) is 7.16. The van der Waals surface area contributed by atoms with Gasteiger partial charge in [0.05, 0.1) is 11.1 Å². The molecule has 1 fully saturated rings. The number of hydrogen-bond acceptors (Lipinski definition) is 4. The molecule has 1 aliphatic rings. The molecule has 0 atom stereocenters. The summed E-state index contributed by atoms with van der Waals surface area (Å²) in [6, 6.07) is 7.52. The number of fused-ring (bicyclic) bond motifs is 1. The number of benzene rings is 1. The van der Waals surface area contributed by atoms with Crippen LogP contribution < -0.4 is 10.6 Å². The normalized spacial score (nSPS) is 16.8. The molecular formula is C18H24ClN5O2. The van der Waals surface area contributed by atoms with Gasteiger partial charge in [-0.15, -0.1) is 16.7 Å². The van der Waals surface area contributed by atoms with E-state index in [1.54, 1.807) is 4.68 Å². The summed E-state index contributed by atoms with van der Waals surface area (Å²) in [4.78, 5) is 24.3. The van der Waals surface area contributed by atoms with Crippen LogP contribution in [0.4, 0.5) is 0 Å². The predicted octanol–water partition coefficient (Wildman–Crippen LogP) is 2.00. The lowest BCUT2D eigenvalue weighted by molar-refractivity contribution is -0.124. The Labute approximate surface area is 157 Å². The van der Waals surface area contributed by atoms with E-state index < -0.39 is 5.54 Å². The van der Waals surface area contributed by atoms with E-state index in [0.717, 1.165) is 49.6 Å². The monoisotopic (exact) mass is 377 g/mol. The van der Waals surface area contributed by atoms with Crippen molar-refractivity contribution in [3.05, 3.63) is 24.3 Å². The minimum absolute atomic E-state index is 0.0688. The number of para-hydroxylation sites is 1. The number of nitrogens with zero attached hydrogens (tertiary/aromatic N) is 3. The highest BCUT2D eigenvalue weighted by molar-refractivity contribution is 6.27. The van der Waals surface area contributed by atoms with Crippen LogP contribution in [0.15, 0.2) is 24.3 Å². The van der Waals surface area contributed by atoms with Gasteiger partial charge in [0.25, 0.3) is 0 Å². The molecule has 0 spiro atoms. The molecule has 0 saturated heterocycles. The number of alkyl halides is 1. The van der Waals surface area contributed by atoms with Gasteiger partial charge < -0.3 is 10.6 Å². The molecule has 1 heterocycles. The summed E-state index contributed by atoms with van der Waals surface area (Å²) in [7, 11) is 0. The van der Waals surface area contributed by atoms with E-state index >= 15 is 0 Å². The minimum Gasteiger partial charge on any atom is -0.352 e. The summed E-state index contributed by atoms with van der Waals surface area (Å²) < 4.78 is 1.59. The van der Waals surface area contributed by atoms with E-state index in [9.17, 15) is 9.59 Å². The summed E-state index contributed by atoms with van der Waals surface area (Å²) >= 11 is 5.67. The summed E-state index contributed by atoms with van der Waals surface area (Å²) in [5.74, 6) is -0.407. The molecule has 2 amide bonds. The average Bonchev–Trinajstić information content (AvgIpc) is 2.91. The molecule has 1 saturated carbocycles. The smallest absolute Gasteiger partial charge is 0.241 e. The number of carbonyl (C=O) groups is 2. The zero-order chi connectivity index (χ0) is 18.4. The maximum absolute atomic E-state index is 12.4. The maximum Gasteiger partial charge on any atom is 0.241 e. The van der Waals surface area contributed by atoms with E-state index in [0.29, 0.717) is 6.54 Å². The van der Waals surface area contributed by atoms with Gasteiger partial charge in [0, 0.05) is 6.54 Å². The molecular weight excluding hydrogens is 354 g/mol. The van der Waals surface area contributed by atoms with E-state index in [4.69, 9.17) is 11.6 Å². The molecule has 2 N–H and O–H groups in total. The van der Waals surface area contributed by atoms with Crippen molar-refractivity contribution in [2.75, 3.05) is 12.4 Å². The van der Waals surface area contributed by atoms with Crippen molar-refractivity contribution >= 4 is 34.4 Å². The molecule has 0 aliphatic heterocycles. The van der Waals surface area contributed by atoms with Gasteiger partial charge in [-0.2, -0.15) is 0 Å². The van der Waals surface area contributed by atoms with Gasteiger partial charge in [0.2, 0.25) is 11.8 Å². The van der Waals surface area contributed by atoms with Crippen LogP contribution >= 0.6 is 11.6 Å². The van der Waals surface area contributed by atoms with Crippen LogP contribution in [0.3, 0.4) is 0 Å². The van der Waals surface area contributed by atoms with Crippen molar-refractivity contribution in [2.24, 2.45) is 0 Å². The molecule has 1 aliphatic carbocycles. The Hall–Kier alpha value is -2.15. The Balaban J connectivity index is 1.64. The number of aromatic nitrogens is 3. The summed E-state index contributed by atoms with van der Waals surface area (Å²) in [5.41, 5.74) is 1.17. The zero-order valence-corrected chi connectivity index (χ0v) is 15.5. The molecule has 3 rings (SSSR count). The van der Waals surface area contributed by atoms with Gasteiger partial charge in [-0.05, 0) is 25.0 Å². The lowest BCUT2D eigenvalue weighted by atomic mass is 9.90. The van der Waals surface area contributed by atoms with Gasteiger partial charge in [0.1, 0.15) is 17.9 Å². The Bertz CT molecular complexity index is 768. The first kappa shape index (κ1) is 18.6. The van der Waals surface area contributed by atoms with Crippen molar-refractivity contribution in [3.8, 4) is 0 Å². The van der Waals surface area contributed by atoms with Crippen LogP contribution in [-0.2, 0) is 16.1 Å². The summed E-state index contributed by atoms with van der Waals surface area (Å²) in [6.45, 7) is 0.501. The lowest BCUT2D eigenvalue weighted by Gasteiger charge is -2.34. The topological polar surface area (TPSA) is 88.9 Å². The van der Waals surface area contributed by atoms with Crippen LogP contribution in [0.5, 0.6) is 0 Å².